The minimum absolute atomic E-state index is 0.116. The van der Waals surface area contributed by atoms with Gasteiger partial charge in [0.2, 0.25) is 0 Å². The van der Waals surface area contributed by atoms with Crippen molar-refractivity contribution in [1.82, 2.24) is 5.43 Å². The van der Waals surface area contributed by atoms with Gasteiger partial charge in [-0.25, -0.2) is 5.43 Å². The molecule has 0 heterocycles. The van der Waals surface area contributed by atoms with E-state index in [1.807, 2.05) is 0 Å². The Balaban J connectivity index is 2.09. The number of hydrogen-bond donors (Lipinski definition) is 2. The molecule has 2 aromatic rings. The van der Waals surface area contributed by atoms with Gasteiger partial charge in [0.15, 0.2) is 0 Å². The molecule has 7 nitrogen and oxygen atoms in total. The van der Waals surface area contributed by atoms with Crippen LogP contribution in [0.4, 0.5) is 5.69 Å². The maximum absolute atomic E-state index is 11.8. The zero-order chi connectivity index (χ0) is 16.1. The lowest BCUT2D eigenvalue weighted by Gasteiger charge is -2.01. The van der Waals surface area contributed by atoms with Crippen LogP contribution in [0.15, 0.2) is 47.6 Å². The van der Waals surface area contributed by atoms with Gasteiger partial charge in [-0.2, -0.15) is 5.10 Å². The summed E-state index contributed by atoms with van der Waals surface area (Å²) in [7, 11) is 0. The van der Waals surface area contributed by atoms with Crippen LogP contribution < -0.4 is 5.43 Å². The van der Waals surface area contributed by atoms with Gasteiger partial charge in [0.25, 0.3) is 11.6 Å². The predicted molar refractivity (Wildman–Crippen MR) is 81.3 cm³/mol. The molecule has 8 heteroatoms. The van der Waals surface area contributed by atoms with Gasteiger partial charge in [0, 0.05) is 28.3 Å². The Hall–Kier alpha value is -2.93. The minimum atomic E-state index is -0.594. The molecule has 0 atom stereocenters. The summed E-state index contributed by atoms with van der Waals surface area (Å²) in [6.07, 6.45) is 1.12. The highest BCUT2D eigenvalue weighted by Gasteiger charge is 2.09. The number of benzene rings is 2. The first-order valence-electron chi connectivity index (χ1n) is 6.04. The molecule has 0 aliphatic carbocycles. The van der Waals surface area contributed by atoms with Crippen molar-refractivity contribution >= 4 is 29.4 Å². The monoisotopic (exact) mass is 319 g/mol. The molecule has 1 amide bonds. The lowest BCUT2D eigenvalue weighted by molar-refractivity contribution is -0.384. The van der Waals surface area contributed by atoms with E-state index in [0.29, 0.717) is 10.6 Å². The van der Waals surface area contributed by atoms with Gasteiger partial charge in [-0.15, -0.1) is 0 Å². The molecule has 0 aliphatic rings. The SMILES string of the molecule is O=C(N/N=C\c1cc([N+](=O)[O-])ccc1O)c1ccc(Cl)cc1. The van der Waals surface area contributed by atoms with Crippen molar-refractivity contribution in [1.29, 1.82) is 0 Å². The van der Waals surface area contributed by atoms with Crippen LogP contribution in [0.1, 0.15) is 15.9 Å². The fraction of sp³-hybridized carbons (Fsp3) is 0. The van der Waals surface area contributed by atoms with E-state index in [1.54, 1.807) is 12.1 Å². The van der Waals surface area contributed by atoms with E-state index < -0.39 is 10.8 Å². The van der Waals surface area contributed by atoms with E-state index in [9.17, 15) is 20.0 Å². The maximum Gasteiger partial charge on any atom is 0.271 e. The summed E-state index contributed by atoms with van der Waals surface area (Å²) >= 11 is 5.71. The van der Waals surface area contributed by atoms with E-state index >= 15 is 0 Å². The first-order chi connectivity index (χ1) is 10.5. The molecule has 112 valence electrons. The van der Waals surface area contributed by atoms with Crippen molar-refractivity contribution in [3.63, 3.8) is 0 Å². The number of nitrogens with one attached hydrogen (secondary N) is 1. The molecule has 2 rings (SSSR count). The molecule has 2 N–H and O–H groups in total. The molecule has 0 saturated heterocycles. The summed E-state index contributed by atoms with van der Waals surface area (Å²) in [4.78, 5) is 21.8. The number of rotatable bonds is 4. The molecule has 22 heavy (non-hydrogen) atoms. The van der Waals surface area contributed by atoms with Crippen LogP contribution in [0.5, 0.6) is 5.75 Å². The molecule has 2 aromatic carbocycles. The van der Waals surface area contributed by atoms with Crippen molar-refractivity contribution in [2.24, 2.45) is 5.10 Å². The summed E-state index contributed by atoms with van der Waals surface area (Å²) in [5.74, 6) is -0.659. The van der Waals surface area contributed by atoms with Crippen LogP contribution in [0.3, 0.4) is 0 Å². The summed E-state index contributed by atoms with van der Waals surface area (Å²) in [6, 6.07) is 9.67. The Labute approximate surface area is 130 Å². The van der Waals surface area contributed by atoms with E-state index in [4.69, 9.17) is 11.6 Å². The maximum atomic E-state index is 11.8. The third-order valence-corrected chi connectivity index (χ3v) is 2.95. The molecule has 0 saturated carbocycles. The number of nitro groups is 1. The van der Waals surface area contributed by atoms with Crippen LogP contribution in [-0.2, 0) is 0 Å². The minimum Gasteiger partial charge on any atom is -0.507 e. The highest BCUT2D eigenvalue weighted by atomic mass is 35.5. The highest BCUT2D eigenvalue weighted by Crippen LogP contribution is 2.21. The number of hydrazone groups is 1. The third kappa shape index (κ3) is 3.80. The van der Waals surface area contributed by atoms with E-state index in [-0.39, 0.29) is 17.0 Å². The van der Waals surface area contributed by atoms with Gasteiger partial charge >= 0.3 is 0 Å². The number of amides is 1. The molecule has 0 spiro atoms. The first kappa shape index (κ1) is 15.5. The van der Waals surface area contributed by atoms with Gasteiger partial charge in [0.1, 0.15) is 5.75 Å². The number of carbonyl (C=O) groups excluding carboxylic acids is 1. The molecule has 0 radical (unpaired) electrons. The average Bonchev–Trinajstić information content (AvgIpc) is 2.49. The number of halogens is 1. The average molecular weight is 320 g/mol. The molecular weight excluding hydrogens is 310 g/mol. The number of phenols is 1. The zero-order valence-corrected chi connectivity index (χ0v) is 11.8. The van der Waals surface area contributed by atoms with Gasteiger partial charge in [-0.05, 0) is 30.3 Å². The van der Waals surface area contributed by atoms with Gasteiger partial charge in [0.05, 0.1) is 11.1 Å². The van der Waals surface area contributed by atoms with Crippen LogP contribution in [0.25, 0.3) is 0 Å². The summed E-state index contributed by atoms with van der Waals surface area (Å²) < 4.78 is 0. The van der Waals surface area contributed by atoms with Gasteiger partial charge in [-0.1, -0.05) is 11.6 Å². The number of aromatic hydroxyl groups is 1. The fourth-order valence-electron chi connectivity index (χ4n) is 1.59. The lowest BCUT2D eigenvalue weighted by atomic mass is 10.2. The largest absolute Gasteiger partial charge is 0.507 e. The van der Waals surface area contributed by atoms with Crippen LogP contribution in [0, 0.1) is 10.1 Å². The molecule has 0 fully saturated rings. The molecule has 0 aliphatic heterocycles. The topological polar surface area (TPSA) is 105 Å². The summed E-state index contributed by atoms with van der Waals surface area (Å²) in [6.45, 7) is 0. The number of nitro benzene ring substituents is 1. The Morgan fingerprint density at radius 2 is 1.95 bits per heavy atom. The number of nitrogens with zero attached hydrogens (tertiary/aromatic N) is 2. The third-order valence-electron chi connectivity index (χ3n) is 2.70. The molecule has 0 unspecified atom stereocenters. The number of carbonyl (C=O) groups is 1. The standard InChI is InChI=1S/C14H10ClN3O4/c15-11-3-1-9(2-4-11)14(20)17-16-8-10-7-12(18(21)22)5-6-13(10)19/h1-8,19H,(H,17,20)/b16-8-. The number of hydrogen-bond acceptors (Lipinski definition) is 5. The second-order valence-electron chi connectivity index (χ2n) is 4.21. The van der Waals surface area contributed by atoms with Crippen molar-refractivity contribution < 1.29 is 14.8 Å². The quantitative estimate of drug-likeness (QED) is 0.513. The van der Waals surface area contributed by atoms with Gasteiger partial charge < -0.3 is 5.11 Å². The second kappa shape index (κ2) is 6.68. The van der Waals surface area contributed by atoms with E-state index in [0.717, 1.165) is 12.3 Å². The summed E-state index contributed by atoms with van der Waals surface area (Å²) in [5.41, 5.74) is 2.53. The highest BCUT2D eigenvalue weighted by molar-refractivity contribution is 6.30. The number of non-ortho nitro benzene ring substituents is 1. The van der Waals surface area contributed by atoms with Crippen LogP contribution in [0.2, 0.25) is 5.02 Å². The normalized spacial score (nSPS) is 10.6. The Morgan fingerprint density at radius 1 is 1.27 bits per heavy atom. The Kier molecular flexibility index (Phi) is 4.70. The zero-order valence-electron chi connectivity index (χ0n) is 11.1. The lowest BCUT2D eigenvalue weighted by Crippen LogP contribution is -2.17. The van der Waals surface area contributed by atoms with Crippen molar-refractivity contribution in [2.45, 2.75) is 0 Å². The van der Waals surface area contributed by atoms with E-state index in [1.165, 1.54) is 24.3 Å². The van der Waals surface area contributed by atoms with Crippen LogP contribution >= 0.6 is 11.6 Å². The molecular formula is C14H10ClN3O4. The van der Waals surface area contributed by atoms with Crippen molar-refractivity contribution in [2.75, 3.05) is 0 Å². The van der Waals surface area contributed by atoms with E-state index in [2.05, 4.69) is 10.5 Å². The summed E-state index contributed by atoms with van der Waals surface area (Å²) in [5, 5.41) is 24.4. The number of phenolic OH excluding ortho intramolecular Hbond substituents is 1. The second-order valence-corrected chi connectivity index (χ2v) is 4.64. The van der Waals surface area contributed by atoms with Crippen LogP contribution in [-0.4, -0.2) is 22.2 Å². The fourth-order valence-corrected chi connectivity index (χ4v) is 1.71. The smallest absolute Gasteiger partial charge is 0.271 e. The van der Waals surface area contributed by atoms with Gasteiger partial charge in [-0.3, -0.25) is 14.9 Å². The van der Waals surface area contributed by atoms with Crippen molar-refractivity contribution in [3.05, 3.63) is 68.7 Å². The Morgan fingerprint density at radius 3 is 2.59 bits per heavy atom. The Bertz CT molecular complexity index is 744. The molecule has 0 bridgehead atoms. The van der Waals surface area contributed by atoms with Crippen molar-refractivity contribution in [3.8, 4) is 5.75 Å². The molecule has 0 aromatic heterocycles. The first-order valence-corrected chi connectivity index (χ1v) is 6.41. The predicted octanol–water partition coefficient (Wildman–Crippen LogP) is 2.72.